The molecular formula is C61H113NO3. The molecule has 0 aliphatic carbocycles. The first-order chi connectivity index (χ1) is 32.2. The number of carbonyl (C=O) groups is 1. The van der Waals surface area contributed by atoms with Crippen LogP contribution in [-0.2, 0) is 4.79 Å². The van der Waals surface area contributed by atoms with Crippen molar-refractivity contribution in [3.05, 3.63) is 60.8 Å². The number of hydrogen-bond acceptors (Lipinski definition) is 3. The van der Waals surface area contributed by atoms with Gasteiger partial charge in [-0.3, -0.25) is 4.79 Å². The predicted molar refractivity (Wildman–Crippen MR) is 290 cm³/mol. The zero-order valence-electron chi connectivity index (χ0n) is 43.8. The summed E-state index contributed by atoms with van der Waals surface area (Å²) in [5.41, 5.74) is 0. The van der Waals surface area contributed by atoms with Crippen molar-refractivity contribution in [1.29, 1.82) is 0 Å². The first kappa shape index (κ1) is 63.1. The number of aliphatic hydroxyl groups is 2. The van der Waals surface area contributed by atoms with Gasteiger partial charge in [-0.1, -0.05) is 286 Å². The van der Waals surface area contributed by atoms with Crippen molar-refractivity contribution in [3.63, 3.8) is 0 Å². The molecule has 0 fully saturated rings. The van der Waals surface area contributed by atoms with Gasteiger partial charge in [-0.05, 0) is 70.6 Å². The van der Waals surface area contributed by atoms with Gasteiger partial charge in [0, 0.05) is 6.42 Å². The zero-order valence-corrected chi connectivity index (χ0v) is 43.8. The van der Waals surface area contributed by atoms with Gasteiger partial charge in [-0.2, -0.15) is 0 Å². The third-order valence-electron chi connectivity index (χ3n) is 13.2. The highest BCUT2D eigenvalue weighted by molar-refractivity contribution is 5.76. The fraction of sp³-hybridized carbons (Fsp3) is 0.820. The van der Waals surface area contributed by atoms with Crippen molar-refractivity contribution in [3.8, 4) is 0 Å². The maximum atomic E-state index is 12.5. The van der Waals surface area contributed by atoms with Crippen LogP contribution in [0.3, 0.4) is 0 Å². The van der Waals surface area contributed by atoms with Crippen LogP contribution in [0.15, 0.2) is 60.8 Å². The fourth-order valence-corrected chi connectivity index (χ4v) is 8.79. The quantitative estimate of drug-likeness (QED) is 0.0421. The van der Waals surface area contributed by atoms with Crippen LogP contribution in [0.25, 0.3) is 0 Å². The van der Waals surface area contributed by atoms with E-state index < -0.39 is 12.1 Å². The summed E-state index contributed by atoms with van der Waals surface area (Å²) < 4.78 is 0. The lowest BCUT2D eigenvalue weighted by molar-refractivity contribution is -0.123. The third-order valence-corrected chi connectivity index (χ3v) is 13.2. The van der Waals surface area contributed by atoms with Crippen LogP contribution in [-0.4, -0.2) is 34.9 Å². The van der Waals surface area contributed by atoms with Gasteiger partial charge in [0.05, 0.1) is 18.8 Å². The van der Waals surface area contributed by atoms with Gasteiger partial charge in [-0.25, -0.2) is 0 Å². The molecule has 1 amide bonds. The average molecular weight is 909 g/mol. The number of unbranched alkanes of at least 4 members (excludes halogenated alkanes) is 38. The molecule has 0 heterocycles. The summed E-state index contributed by atoms with van der Waals surface area (Å²) in [4.78, 5) is 12.5. The smallest absolute Gasteiger partial charge is 0.220 e. The Labute approximate surface area is 406 Å². The molecule has 65 heavy (non-hydrogen) atoms. The Bertz CT molecular complexity index is 1070. The Hall–Kier alpha value is -1.91. The first-order valence-electron chi connectivity index (χ1n) is 29.0. The van der Waals surface area contributed by atoms with E-state index in [1.165, 1.54) is 231 Å². The molecule has 0 spiro atoms. The second-order valence-corrected chi connectivity index (χ2v) is 19.7. The highest BCUT2D eigenvalue weighted by Crippen LogP contribution is 2.17. The zero-order chi connectivity index (χ0) is 47.0. The lowest BCUT2D eigenvalue weighted by Crippen LogP contribution is -2.45. The number of carbonyl (C=O) groups excluding carboxylic acids is 1. The number of rotatable bonds is 53. The van der Waals surface area contributed by atoms with Gasteiger partial charge in [0.2, 0.25) is 5.91 Å². The maximum absolute atomic E-state index is 12.5. The van der Waals surface area contributed by atoms with Gasteiger partial charge < -0.3 is 15.5 Å². The van der Waals surface area contributed by atoms with E-state index in [1.807, 2.05) is 6.08 Å². The Morgan fingerprint density at radius 1 is 0.369 bits per heavy atom. The van der Waals surface area contributed by atoms with Crippen molar-refractivity contribution < 1.29 is 15.0 Å². The normalized spacial score (nSPS) is 13.2. The van der Waals surface area contributed by atoms with Crippen LogP contribution in [0.2, 0.25) is 0 Å². The van der Waals surface area contributed by atoms with Crippen LogP contribution in [0.5, 0.6) is 0 Å². The second-order valence-electron chi connectivity index (χ2n) is 19.7. The van der Waals surface area contributed by atoms with Crippen LogP contribution in [0.1, 0.15) is 303 Å². The average Bonchev–Trinajstić information content (AvgIpc) is 3.31. The van der Waals surface area contributed by atoms with Gasteiger partial charge in [0.25, 0.3) is 0 Å². The lowest BCUT2D eigenvalue weighted by atomic mass is 10.0. The molecule has 3 N–H and O–H groups in total. The van der Waals surface area contributed by atoms with Crippen LogP contribution < -0.4 is 5.32 Å². The highest BCUT2D eigenvalue weighted by Gasteiger charge is 2.18. The van der Waals surface area contributed by atoms with E-state index in [-0.39, 0.29) is 12.5 Å². The van der Waals surface area contributed by atoms with Gasteiger partial charge in [0.1, 0.15) is 0 Å². The van der Waals surface area contributed by atoms with E-state index in [0.29, 0.717) is 6.42 Å². The Kier molecular flexibility index (Phi) is 54.8. The van der Waals surface area contributed by atoms with Crippen LogP contribution >= 0.6 is 0 Å². The van der Waals surface area contributed by atoms with Crippen molar-refractivity contribution >= 4 is 5.91 Å². The molecule has 0 radical (unpaired) electrons. The molecule has 0 saturated heterocycles. The molecular weight excluding hydrogens is 795 g/mol. The number of aliphatic hydroxyl groups excluding tert-OH is 2. The number of hydrogen-bond donors (Lipinski definition) is 3. The van der Waals surface area contributed by atoms with Gasteiger partial charge >= 0.3 is 0 Å². The summed E-state index contributed by atoms with van der Waals surface area (Å²) in [6.45, 7) is 4.31. The standard InChI is InChI=1S/C61H113NO3/c1-3-5-7-9-11-13-15-17-19-21-23-25-27-28-29-30-31-32-33-35-36-38-40-42-44-46-48-50-52-54-56-60(64)59(58-63)62-61(65)57-55-53-51-49-47-45-43-41-39-37-34-26-24-22-20-18-16-14-12-10-8-6-4-2/h16,18,22,24,34,37,46,48,54,56,59-60,63-64H,3-15,17,19-21,23,25-33,35-36,38-45,47,49-53,55,57-58H2,1-2H3,(H,62,65)/b18-16-,24-22-,37-34-,48-46+,56-54+. The Morgan fingerprint density at radius 2 is 0.646 bits per heavy atom. The van der Waals surface area contributed by atoms with E-state index in [1.54, 1.807) is 6.08 Å². The second kappa shape index (κ2) is 56.4. The topological polar surface area (TPSA) is 69.6 Å². The molecule has 0 rings (SSSR count). The Morgan fingerprint density at radius 3 is 1.00 bits per heavy atom. The highest BCUT2D eigenvalue weighted by atomic mass is 16.3. The summed E-state index contributed by atoms with van der Waals surface area (Å²) in [6.07, 6.45) is 79.6. The van der Waals surface area contributed by atoms with Crippen LogP contribution in [0, 0.1) is 0 Å². The molecule has 380 valence electrons. The van der Waals surface area contributed by atoms with Crippen molar-refractivity contribution in [2.75, 3.05) is 6.61 Å². The minimum Gasteiger partial charge on any atom is -0.394 e. The van der Waals surface area contributed by atoms with E-state index >= 15 is 0 Å². The molecule has 4 heteroatoms. The molecule has 0 aromatic heterocycles. The molecule has 2 unspecified atom stereocenters. The van der Waals surface area contributed by atoms with E-state index in [9.17, 15) is 15.0 Å². The lowest BCUT2D eigenvalue weighted by Gasteiger charge is -2.19. The first-order valence-corrected chi connectivity index (χ1v) is 29.0. The summed E-state index contributed by atoms with van der Waals surface area (Å²) >= 11 is 0. The minimum atomic E-state index is -0.869. The molecule has 0 aromatic rings. The third kappa shape index (κ3) is 52.9. The minimum absolute atomic E-state index is 0.0796. The fourth-order valence-electron chi connectivity index (χ4n) is 8.79. The van der Waals surface area contributed by atoms with E-state index in [4.69, 9.17) is 0 Å². The molecule has 0 saturated carbocycles. The summed E-state index contributed by atoms with van der Waals surface area (Å²) in [7, 11) is 0. The molecule has 0 bridgehead atoms. The van der Waals surface area contributed by atoms with Crippen LogP contribution in [0.4, 0.5) is 0 Å². The summed E-state index contributed by atoms with van der Waals surface area (Å²) in [5, 5.41) is 23.2. The van der Waals surface area contributed by atoms with Crippen molar-refractivity contribution in [2.45, 2.75) is 315 Å². The molecule has 0 aliphatic rings. The Balaban J connectivity index is 3.54. The maximum Gasteiger partial charge on any atom is 0.220 e. The predicted octanol–water partition coefficient (Wildman–Crippen LogP) is 19.2. The van der Waals surface area contributed by atoms with Gasteiger partial charge in [0.15, 0.2) is 0 Å². The molecule has 2 atom stereocenters. The SMILES string of the molecule is CCCCCCC/C=C\C/C=C\C/C=C\CCCCCCCCCCC(=O)NC(CO)C(O)/C=C/CC/C=C/CCCCCCCCCCCCCCCCCCCCCCCCCC. The van der Waals surface area contributed by atoms with Gasteiger partial charge in [-0.15, -0.1) is 0 Å². The molecule has 4 nitrogen and oxygen atoms in total. The number of allylic oxidation sites excluding steroid dienone is 9. The number of nitrogens with one attached hydrogen (secondary N) is 1. The molecule has 0 aliphatic heterocycles. The van der Waals surface area contributed by atoms with Crippen molar-refractivity contribution in [1.82, 2.24) is 5.32 Å². The summed E-state index contributed by atoms with van der Waals surface area (Å²) in [5.74, 6) is -0.0796. The molecule has 0 aromatic carbocycles. The van der Waals surface area contributed by atoms with E-state index in [2.05, 4.69) is 67.8 Å². The summed E-state index contributed by atoms with van der Waals surface area (Å²) in [6, 6.07) is -0.647. The number of amides is 1. The monoisotopic (exact) mass is 908 g/mol. The largest absolute Gasteiger partial charge is 0.394 e. The van der Waals surface area contributed by atoms with Crippen molar-refractivity contribution in [2.24, 2.45) is 0 Å². The van der Waals surface area contributed by atoms with E-state index in [0.717, 1.165) is 51.4 Å².